The molecule has 0 aliphatic carbocycles. The number of hydrogen-bond acceptors (Lipinski definition) is 4. The Bertz CT molecular complexity index is 866. The van der Waals surface area contributed by atoms with Crippen LogP contribution in [0.2, 0.25) is 5.02 Å². The summed E-state index contributed by atoms with van der Waals surface area (Å²) in [4.78, 5) is 0. The van der Waals surface area contributed by atoms with Gasteiger partial charge >= 0.3 is 0 Å². The highest BCUT2D eigenvalue weighted by Crippen LogP contribution is 2.35. The van der Waals surface area contributed by atoms with E-state index in [0.717, 1.165) is 5.56 Å². The third-order valence-electron chi connectivity index (χ3n) is 3.24. The first-order valence-electron chi connectivity index (χ1n) is 7.43. The molecule has 2 aromatic rings. The second-order valence-electron chi connectivity index (χ2n) is 4.92. The molecule has 0 heterocycles. The van der Waals surface area contributed by atoms with Crippen molar-refractivity contribution in [2.24, 2.45) is 0 Å². The number of hydrogen-bond donors (Lipinski definition) is 0. The van der Waals surface area contributed by atoms with Crippen molar-refractivity contribution in [1.29, 1.82) is 10.5 Å². The molecule has 0 unspecified atom stereocenters. The van der Waals surface area contributed by atoms with Crippen LogP contribution in [0.1, 0.15) is 18.1 Å². The zero-order chi connectivity index (χ0) is 18.2. The van der Waals surface area contributed by atoms with Crippen LogP contribution in [-0.4, -0.2) is 6.61 Å². The van der Waals surface area contributed by atoms with Gasteiger partial charge in [-0.05, 0) is 36.8 Å². The minimum Gasteiger partial charge on any atom is -0.490 e. The number of ether oxygens (including phenoxy) is 2. The van der Waals surface area contributed by atoms with Gasteiger partial charge in [0.2, 0.25) is 0 Å². The SMILES string of the molecule is CCOc1cc(C=C(C#N)C#N)c(Br)cc1OCc1ccccc1Cl. The van der Waals surface area contributed by atoms with Crippen LogP contribution in [0.25, 0.3) is 6.08 Å². The molecule has 4 nitrogen and oxygen atoms in total. The summed E-state index contributed by atoms with van der Waals surface area (Å²) in [6.07, 6.45) is 1.49. The van der Waals surface area contributed by atoms with Crippen LogP contribution in [0.5, 0.6) is 11.5 Å². The van der Waals surface area contributed by atoms with Crippen LogP contribution in [0.4, 0.5) is 0 Å². The number of halogens is 2. The number of rotatable bonds is 6. The summed E-state index contributed by atoms with van der Waals surface area (Å²) < 4.78 is 12.2. The van der Waals surface area contributed by atoms with E-state index < -0.39 is 0 Å². The quantitative estimate of drug-likeness (QED) is 0.581. The van der Waals surface area contributed by atoms with Gasteiger partial charge in [-0.25, -0.2) is 0 Å². The van der Waals surface area contributed by atoms with Gasteiger partial charge in [0.1, 0.15) is 24.3 Å². The molecule has 2 aromatic carbocycles. The van der Waals surface area contributed by atoms with Gasteiger partial charge in [-0.1, -0.05) is 45.7 Å². The summed E-state index contributed by atoms with van der Waals surface area (Å²) in [6.45, 7) is 2.62. The lowest BCUT2D eigenvalue weighted by atomic mass is 10.1. The maximum atomic E-state index is 8.92. The minimum atomic E-state index is 0.00730. The van der Waals surface area contributed by atoms with Crippen LogP contribution in [0, 0.1) is 22.7 Å². The third kappa shape index (κ3) is 5.00. The van der Waals surface area contributed by atoms with Gasteiger partial charge in [-0.3, -0.25) is 0 Å². The molecule has 25 heavy (non-hydrogen) atoms. The van der Waals surface area contributed by atoms with Crippen molar-refractivity contribution in [3.05, 3.63) is 62.6 Å². The van der Waals surface area contributed by atoms with E-state index in [4.69, 9.17) is 31.6 Å². The van der Waals surface area contributed by atoms with Gasteiger partial charge in [0.05, 0.1) is 6.61 Å². The normalized spacial score (nSPS) is 9.64. The fraction of sp³-hybridized carbons (Fsp3) is 0.158. The monoisotopic (exact) mass is 416 g/mol. The molecule has 0 aliphatic rings. The standard InChI is InChI=1S/C19H14BrClN2O2/c1-2-24-18-8-15(7-13(10-22)11-23)16(20)9-19(18)25-12-14-5-3-4-6-17(14)21/h3-9H,2,12H2,1H3. The lowest BCUT2D eigenvalue weighted by molar-refractivity contribution is 0.269. The van der Waals surface area contributed by atoms with Crippen molar-refractivity contribution in [3.63, 3.8) is 0 Å². The summed E-state index contributed by atoms with van der Waals surface area (Å²) in [5.41, 5.74) is 1.53. The molecule has 0 bridgehead atoms. The van der Waals surface area contributed by atoms with Gasteiger partial charge in [-0.15, -0.1) is 0 Å². The molecule has 6 heteroatoms. The van der Waals surface area contributed by atoms with Gasteiger partial charge < -0.3 is 9.47 Å². The van der Waals surface area contributed by atoms with E-state index >= 15 is 0 Å². The molecule has 0 atom stereocenters. The highest BCUT2D eigenvalue weighted by atomic mass is 79.9. The Morgan fingerprint density at radius 3 is 2.48 bits per heavy atom. The van der Waals surface area contributed by atoms with E-state index in [2.05, 4.69) is 15.9 Å². The van der Waals surface area contributed by atoms with Crippen LogP contribution in [0.15, 0.2) is 46.4 Å². The van der Waals surface area contributed by atoms with E-state index in [1.54, 1.807) is 18.2 Å². The molecule has 126 valence electrons. The van der Waals surface area contributed by atoms with Gasteiger partial charge in [0, 0.05) is 15.1 Å². The maximum absolute atomic E-state index is 8.92. The van der Waals surface area contributed by atoms with E-state index in [1.807, 2.05) is 37.3 Å². The first kappa shape index (κ1) is 18.9. The Labute approximate surface area is 160 Å². The topological polar surface area (TPSA) is 66.0 Å². The Hall–Kier alpha value is -2.47. The molecule has 2 rings (SSSR count). The molecule has 0 saturated carbocycles. The van der Waals surface area contributed by atoms with Crippen molar-refractivity contribution in [1.82, 2.24) is 0 Å². The molecule has 0 amide bonds. The highest BCUT2D eigenvalue weighted by molar-refractivity contribution is 9.10. The lowest BCUT2D eigenvalue weighted by Gasteiger charge is -2.14. The van der Waals surface area contributed by atoms with Crippen LogP contribution in [-0.2, 0) is 6.61 Å². The van der Waals surface area contributed by atoms with E-state index in [9.17, 15) is 0 Å². The van der Waals surface area contributed by atoms with Gasteiger partial charge in [0.15, 0.2) is 11.5 Å². The maximum Gasteiger partial charge on any atom is 0.162 e. The third-order valence-corrected chi connectivity index (χ3v) is 4.30. The molecule has 0 aromatic heterocycles. The smallest absolute Gasteiger partial charge is 0.162 e. The zero-order valence-electron chi connectivity index (χ0n) is 13.4. The Morgan fingerprint density at radius 2 is 1.84 bits per heavy atom. The molecule has 0 aliphatic heterocycles. The molecule has 0 radical (unpaired) electrons. The summed E-state index contributed by atoms with van der Waals surface area (Å²) >= 11 is 9.58. The first-order valence-corrected chi connectivity index (χ1v) is 8.60. The predicted molar refractivity (Wildman–Crippen MR) is 100 cm³/mol. The summed E-state index contributed by atoms with van der Waals surface area (Å²) in [5.74, 6) is 1.07. The average Bonchev–Trinajstić information content (AvgIpc) is 2.61. The molecular weight excluding hydrogens is 404 g/mol. The summed E-state index contributed by atoms with van der Waals surface area (Å²) in [6, 6.07) is 14.6. The lowest BCUT2D eigenvalue weighted by Crippen LogP contribution is -2.01. The number of nitrogens with zero attached hydrogens (tertiary/aromatic N) is 2. The zero-order valence-corrected chi connectivity index (χ0v) is 15.8. The number of benzene rings is 2. The summed E-state index contributed by atoms with van der Waals surface area (Å²) in [5, 5.41) is 18.5. The Kier molecular flexibility index (Phi) is 6.89. The fourth-order valence-electron chi connectivity index (χ4n) is 2.06. The molecule has 0 saturated heterocycles. The van der Waals surface area contributed by atoms with Crippen LogP contribution in [0.3, 0.4) is 0 Å². The Balaban J connectivity index is 2.34. The molecule has 0 spiro atoms. The van der Waals surface area contributed by atoms with Crippen LogP contribution >= 0.6 is 27.5 Å². The van der Waals surface area contributed by atoms with Gasteiger partial charge in [0.25, 0.3) is 0 Å². The molecular formula is C19H14BrClN2O2. The van der Waals surface area contributed by atoms with E-state index in [-0.39, 0.29) is 5.57 Å². The van der Waals surface area contributed by atoms with Crippen molar-refractivity contribution in [3.8, 4) is 23.6 Å². The first-order chi connectivity index (χ1) is 12.1. The van der Waals surface area contributed by atoms with Crippen molar-refractivity contribution < 1.29 is 9.47 Å². The molecule has 0 fully saturated rings. The number of allylic oxidation sites excluding steroid dienone is 1. The average molecular weight is 418 g/mol. The van der Waals surface area contributed by atoms with Crippen molar-refractivity contribution >= 4 is 33.6 Å². The van der Waals surface area contributed by atoms with E-state index in [0.29, 0.717) is 39.8 Å². The Morgan fingerprint density at radius 1 is 1.16 bits per heavy atom. The largest absolute Gasteiger partial charge is 0.490 e. The van der Waals surface area contributed by atoms with Crippen molar-refractivity contribution in [2.45, 2.75) is 13.5 Å². The predicted octanol–water partition coefficient (Wildman–Crippen LogP) is 5.51. The second kappa shape index (κ2) is 9.13. The van der Waals surface area contributed by atoms with Crippen molar-refractivity contribution in [2.75, 3.05) is 6.61 Å². The van der Waals surface area contributed by atoms with Gasteiger partial charge in [-0.2, -0.15) is 10.5 Å². The van der Waals surface area contributed by atoms with E-state index in [1.165, 1.54) is 6.08 Å². The fourth-order valence-corrected chi connectivity index (χ4v) is 2.69. The summed E-state index contributed by atoms with van der Waals surface area (Å²) in [7, 11) is 0. The highest BCUT2D eigenvalue weighted by Gasteiger charge is 2.12. The minimum absolute atomic E-state index is 0.00730. The van der Waals surface area contributed by atoms with Crippen LogP contribution < -0.4 is 9.47 Å². The number of nitriles is 2. The second-order valence-corrected chi connectivity index (χ2v) is 6.18. The molecule has 0 N–H and O–H groups in total.